The molecule has 1 atom stereocenters. The smallest absolute Gasteiger partial charge is 0.383 e. The Kier molecular flexibility index (Phi) is 7.15. The number of benzene rings is 2. The van der Waals surface area contributed by atoms with Crippen molar-refractivity contribution in [1.82, 2.24) is 0 Å². The zero-order valence-electron chi connectivity index (χ0n) is 13.8. The first-order valence-corrected chi connectivity index (χ1v) is 9.04. The van der Waals surface area contributed by atoms with Crippen molar-refractivity contribution in [3.8, 4) is 0 Å². The maximum Gasteiger partial charge on any atom is 0.414 e. The number of anilines is 1. The van der Waals surface area contributed by atoms with Crippen molar-refractivity contribution >= 4 is 33.2 Å². The molecule has 26 heavy (non-hydrogen) atoms. The molecule has 0 bridgehead atoms. The van der Waals surface area contributed by atoms with Gasteiger partial charge in [0.2, 0.25) is 0 Å². The third-order valence-corrected chi connectivity index (χ3v) is 4.55. The number of aryl methyl sites for hydroxylation is 1. The summed E-state index contributed by atoms with van der Waals surface area (Å²) < 4.78 is 38.6. The molecule has 0 fully saturated rings. The van der Waals surface area contributed by atoms with E-state index in [1.54, 1.807) is 30.3 Å². The van der Waals surface area contributed by atoms with Gasteiger partial charge in [-0.2, -0.15) is 13.2 Å². The Labute approximate surface area is 163 Å². The normalized spacial score (nSPS) is 12.7. The van der Waals surface area contributed by atoms with E-state index in [9.17, 15) is 18.3 Å². The van der Waals surface area contributed by atoms with Gasteiger partial charge in [0, 0.05) is 27.3 Å². The van der Waals surface area contributed by atoms with Crippen molar-refractivity contribution in [2.24, 2.45) is 0 Å². The number of allylic oxidation sites excluding steroid dienone is 1. The molecule has 1 unspecified atom stereocenters. The van der Waals surface area contributed by atoms with Crippen LogP contribution in [0.5, 0.6) is 0 Å². The quantitative estimate of drug-likeness (QED) is 0.534. The Bertz CT molecular complexity index is 762. The summed E-state index contributed by atoms with van der Waals surface area (Å²) in [7, 11) is 0. The number of hydrogen-bond donors (Lipinski definition) is 2. The number of nitrogens with one attached hydrogen (secondary N) is 1. The summed E-state index contributed by atoms with van der Waals surface area (Å²) >= 11 is 9.16. The largest absolute Gasteiger partial charge is 0.414 e. The van der Waals surface area contributed by atoms with Gasteiger partial charge in [-0.15, -0.1) is 0 Å². The Morgan fingerprint density at radius 2 is 1.85 bits per heavy atom. The summed E-state index contributed by atoms with van der Waals surface area (Å²) in [5.41, 5.74) is 2.61. The van der Waals surface area contributed by atoms with E-state index in [0.29, 0.717) is 28.4 Å². The van der Waals surface area contributed by atoms with Gasteiger partial charge in [-0.3, -0.25) is 0 Å². The van der Waals surface area contributed by atoms with Crippen LogP contribution in [0.25, 0.3) is 0 Å². The maximum absolute atomic E-state index is 12.6. The van der Waals surface area contributed by atoms with Crippen LogP contribution in [0.4, 0.5) is 18.9 Å². The summed E-state index contributed by atoms with van der Waals surface area (Å²) in [5, 5.41) is 13.1. The molecule has 0 aliphatic rings. The summed E-state index contributed by atoms with van der Waals surface area (Å²) in [6.07, 6.45) is -6.27. The lowest BCUT2D eigenvalue weighted by molar-refractivity contribution is -0.203. The molecular formula is C19H18BrClF3NO. The van der Waals surface area contributed by atoms with Crippen LogP contribution in [0, 0.1) is 0 Å². The lowest BCUT2D eigenvalue weighted by Crippen LogP contribution is -2.30. The Hall–Kier alpha value is -1.50. The molecule has 0 heterocycles. The van der Waals surface area contributed by atoms with E-state index in [0.717, 1.165) is 16.5 Å². The van der Waals surface area contributed by atoms with Gasteiger partial charge in [0.1, 0.15) is 0 Å². The van der Waals surface area contributed by atoms with Gasteiger partial charge in [0.25, 0.3) is 0 Å². The van der Waals surface area contributed by atoms with Crippen LogP contribution < -0.4 is 5.32 Å². The highest BCUT2D eigenvalue weighted by molar-refractivity contribution is 9.10. The van der Waals surface area contributed by atoms with Crippen molar-refractivity contribution in [2.75, 3.05) is 5.32 Å². The van der Waals surface area contributed by atoms with E-state index < -0.39 is 18.7 Å². The maximum atomic E-state index is 12.6. The predicted octanol–water partition coefficient (Wildman–Crippen LogP) is 6.13. The van der Waals surface area contributed by atoms with Crippen LogP contribution in [0.1, 0.15) is 17.5 Å². The number of rotatable bonds is 7. The van der Waals surface area contributed by atoms with Gasteiger partial charge in [-0.25, -0.2) is 0 Å². The summed E-state index contributed by atoms with van der Waals surface area (Å²) in [5.74, 6) is 0. The van der Waals surface area contributed by atoms with Gasteiger partial charge in [-0.05, 0) is 48.2 Å². The van der Waals surface area contributed by atoms with Crippen LogP contribution in [0.3, 0.4) is 0 Å². The van der Waals surface area contributed by atoms with Gasteiger partial charge in [0.05, 0.1) is 0 Å². The van der Waals surface area contributed by atoms with E-state index in [1.165, 1.54) is 0 Å². The topological polar surface area (TPSA) is 32.3 Å². The van der Waals surface area contributed by atoms with E-state index in [-0.39, 0.29) is 0 Å². The third kappa shape index (κ3) is 6.34. The van der Waals surface area contributed by atoms with Crippen LogP contribution in [-0.2, 0) is 12.8 Å². The standard InChI is InChI=1S/C19H18BrClF3NO/c1-12(2-3-13-4-8-16(21)9-5-13)25-17-11-15(20)7-6-14(17)10-18(26)19(22,23)24/h4-9,11,18,25-26H,1-3,10H2. The van der Waals surface area contributed by atoms with E-state index >= 15 is 0 Å². The number of aliphatic hydroxyl groups is 1. The zero-order chi connectivity index (χ0) is 19.3. The molecule has 2 rings (SSSR count). The minimum absolute atomic E-state index is 0.366. The fourth-order valence-corrected chi connectivity index (χ4v) is 2.85. The highest BCUT2D eigenvalue weighted by Gasteiger charge is 2.38. The monoisotopic (exact) mass is 447 g/mol. The van der Waals surface area contributed by atoms with Crippen molar-refractivity contribution < 1.29 is 18.3 Å². The predicted molar refractivity (Wildman–Crippen MR) is 102 cm³/mol. The lowest BCUT2D eigenvalue weighted by atomic mass is 10.0. The fraction of sp³-hybridized carbons (Fsp3) is 0.263. The Morgan fingerprint density at radius 3 is 2.46 bits per heavy atom. The molecule has 0 aliphatic carbocycles. The molecule has 0 amide bonds. The summed E-state index contributed by atoms with van der Waals surface area (Å²) in [4.78, 5) is 0. The second-order valence-electron chi connectivity index (χ2n) is 5.92. The first kappa shape index (κ1) is 20.8. The molecule has 7 heteroatoms. The van der Waals surface area contributed by atoms with Crippen LogP contribution >= 0.6 is 27.5 Å². The van der Waals surface area contributed by atoms with Crippen molar-refractivity contribution in [1.29, 1.82) is 0 Å². The van der Waals surface area contributed by atoms with Crippen molar-refractivity contribution in [2.45, 2.75) is 31.5 Å². The Balaban J connectivity index is 2.04. The molecule has 140 valence electrons. The Morgan fingerprint density at radius 1 is 1.19 bits per heavy atom. The van der Waals surface area contributed by atoms with E-state index in [1.807, 2.05) is 12.1 Å². The number of hydrogen-bond acceptors (Lipinski definition) is 2. The van der Waals surface area contributed by atoms with Gasteiger partial charge in [0.15, 0.2) is 6.10 Å². The highest BCUT2D eigenvalue weighted by atomic mass is 79.9. The molecule has 0 aromatic heterocycles. The average molecular weight is 449 g/mol. The molecule has 0 aliphatic heterocycles. The fourth-order valence-electron chi connectivity index (χ4n) is 2.37. The zero-order valence-corrected chi connectivity index (χ0v) is 16.1. The molecule has 2 aromatic carbocycles. The summed E-state index contributed by atoms with van der Waals surface area (Å²) in [6.45, 7) is 3.94. The SMILES string of the molecule is C=C(CCc1ccc(Cl)cc1)Nc1cc(Br)ccc1CC(O)C(F)(F)F. The van der Waals surface area contributed by atoms with Gasteiger partial charge >= 0.3 is 6.18 Å². The van der Waals surface area contributed by atoms with Crippen molar-refractivity contribution in [3.63, 3.8) is 0 Å². The van der Waals surface area contributed by atoms with Crippen molar-refractivity contribution in [3.05, 3.63) is 75.4 Å². The molecule has 0 spiro atoms. The van der Waals surface area contributed by atoms with Crippen LogP contribution in [-0.4, -0.2) is 17.4 Å². The van der Waals surface area contributed by atoms with Crippen LogP contribution in [0.2, 0.25) is 5.02 Å². The molecule has 2 aromatic rings. The highest BCUT2D eigenvalue weighted by Crippen LogP contribution is 2.29. The third-order valence-electron chi connectivity index (χ3n) is 3.80. The molecule has 0 saturated heterocycles. The van der Waals surface area contributed by atoms with E-state index in [2.05, 4.69) is 27.8 Å². The van der Waals surface area contributed by atoms with Crippen LogP contribution in [0.15, 0.2) is 59.2 Å². The molecule has 0 saturated carbocycles. The minimum atomic E-state index is -4.66. The van der Waals surface area contributed by atoms with Gasteiger partial charge in [-0.1, -0.05) is 52.3 Å². The first-order chi connectivity index (χ1) is 12.1. The van der Waals surface area contributed by atoms with E-state index in [4.69, 9.17) is 11.6 Å². The number of aliphatic hydroxyl groups excluding tert-OH is 1. The lowest BCUT2D eigenvalue weighted by Gasteiger charge is -2.18. The first-order valence-electron chi connectivity index (χ1n) is 7.87. The second-order valence-corrected chi connectivity index (χ2v) is 7.27. The second kappa shape index (κ2) is 8.93. The molecular weight excluding hydrogens is 431 g/mol. The summed E-state index contributed by atoms with van der Waals surface area (Å²) in [6, 6.07) is 12.3. The average Bonchev–Trinajstić information content (AvgIpc) is 2.56. The molecule has 2 nitrogen and oxygen atoms in total. The van der Waals surface area contributed by atoms with Gasteiger partial charge < -0.3 is 10.4 Å². The number of alkyl halides is 3. The molecule has 0 radical (unpaired) electrons. The molecule has 2 N–H and O–H groups in total. The minimum Gasteiger partial charge on any atom is -0.383 e. The number of halogens is 5.